The maximum atomic E-state index is 10.5. The van der Waals surface area contributed by atoms with Gasteiger partial charge in [0.15, 0.2) is 0 Å². The van der Waals surface area contributed by atoms with Gasteiger partial charge in [-0.05, 0) is 32.1 Å². The van der Waals surface area contributed by atoms with Gasteiger partial charge in [-0.15, -0.1) is 0 Å². The molecule has 0 aromatic heterocycles. The number of nitrogens with one attached hydrogen (secondary N) is 1. The molecule has 4 nitrogen and oxygen atoms in total. The van der Waals surface area contributed by atoms with Crippen molar-refractivity contribution >= 4 is 5.97 Å². The number of carbonyl (C=O) groups is 1. The van der Waals surface area contributed by atoms with Crippen LogP contribution in [0.4, 0.5) is 0 Å². The van der Waals surface area contributed by atoms with E-state index in [0.717, 1.165) is 38.5 Å². The van der Waals surface area contributed by atoms with Crippen LogP contribution in [0.25, 0.3) is 0 Å². The summed E-state index contributed by atoms with van der Waals surface area (Å²) in [5.41, 5.74) is 7.10. The number of carboxylic acid groups (broad SMARTS) is 1. The fourth-order valence-electron chi connectivity index (χ4n) is 2.58. The highest BCUT2D eigenvalue weighted by molar-refractivity contribution is 5.66. The quantitative estimate of drug-likeness (QED) is 0.481. The molecule has 0 aliphatic carbocycles. The van der Waals surface area contributed by atoms with Crippen LogP contribution in [0, 0.1) is 5.92 Å². The van der Waals surface area contributed by atoms with E-state index < -0.39 is 5.97 Å². The number of carboxylic acids is 1. The first-order valence-corrected chi connectivity index (χ1v) is 7.90. The molecule has 118 valence electrons. The van der Waals surface area contributed by atoms with Crippen LogP contribution < -0.4 is 11.1 Å². The van der Waals surface area contributed by atoms with Crippen LogP contribution in [0.3, 0.4) is 0 Å². The fourth-order valence-corrected chi connectivity index (χ4v) is 2.58. The number of allylic oxidation sites excluding steroid dienone is 2. The van der Waals surface area contributed by atoms with Gasteiger partial charge < -0.3 is 16.2 Å². The highest BCUT2D eigenvalue weighted by Gasteiger charge is 2.18. The number of rotatable bonds is 12. The Bertz CT molecular complexity index is 290. The van der Waals surface area contributed by atoms with Crippen molar-refractivity contribution in [2.24, 2.45) is 11.7 Å². The van der Waals surface area contributed by atoms with Crippen LogP contribution in [0.15, 0.2) is 11.8 Å². The van der Waals surface area contributed by atoms with Gasteiger partial charge in [-0.1, -0.05) is 39.2 Å². The molecule has 0 bridgehead atoms. The third-order valence-corrected chi connectivity index (χ3v) is 3.74. The van der Waals surface area contributed by atoms with E-state index >= 15 is 0 Å². The minimum absolute atomic E-state index is 0.285. The second-order valence-electron chi connectivity index (χ2n) is 5.44. The van der Waals surface area contributed by atoms with Crippen molar-refractivity contribution in [1.29, 1.82) is 0 Å². The van der Waals surface area contributed by atoms with Crippen LogP contribution in [0.5, 0.6) is 0 Å². The normalized spacial score (nSPS) is 14.9. The third-order valence-electron chi connectivity index (χ3n) is 3.74. The molecule has 4 heteroatoms. The van der Waals surface area contributed by atoms with Crippen LogP contribution >= 0.6 is 0 Å². The van der Waals surface area contributed by atoms with Crippen LogP contribution in [-0.4, -0.2) is 23.7 Å². The fraction of sp³-hybridized carbons (Fsp3) is 0.812. The summed E-state index contributed by atoms with van der Waals surface area (Å²) < 4.78 is 0. The average Bonchev–Trinajstić information content (AvgIpc) is 2.40. The van der Waals surface area contributed by atoms with Crippen LogP contribution in [0.2, 0.25) is 0 Å². The number of hydrogen-bond acceptors (Lipinski definition) is 3. The molecule has 0 fully saturated rings. The van der Waals surface area contributed by atoms with Crippen LogP contribution in [0.1, 0.15) is 65.7 Å². The van der Waals surface area contributed by atoms with Crippen molar-refractivity contribution < 1.29 is 9.90 Å². The largest absolute Gasteiger partial charge is 0.481 e. The molecule has 0 saturated heterocycles. The second-order valence-corrected chi connectivity index (χ2v) is 5.44. The Balaban J connectivity index is 4.12. The monoisotopic (exact) mass is 284 g/mol. The van der Waals surface area contributed by atoms with E-state index in [1.165, 1.54) is 5.70 Å². The second kappa shape index (κ2) is 11.8. The Hall–Kier alpha value is -1.03. The minimum atomic E-state index is -0.695. The molecule has 4 N–H and O–H groups in total. The predicted molar refractivity (Wildman–Crippen MR) is 84.5 cm³/mol. The van der Waals surface area contributed by atoms with E-state index in [1.807, 2.05) is 0 Å². The van der Waals surface area contributed by atoms with Gasteiger partial charge >= 0.3 is 5.97 Å². The first kappa shape index (κ1) is 19.0. The Morgan fingerprint density at radius 1 is 1.30 bits per heavy atom. The van der Waals surface area contributed by atoms with E-state index in [0.29, 0.717) is 18.5 Å². The van der Waals surface area contributed by atoms with Gasteiger partial charge in [-0.2, -0.15) is 0 Å². The van der Waals surface area contributed by atoms with Crippen molar-refractivity contribution in [3.63, 3.8) is 0 Å². The predicted octanol–water partition coefficient (Wildman–Crippen LogP) is 3.28. The zero-order valence-corrected chi connectivity index (χ0v) is 13.3. The lowest BCUT2D eigenvalue weighted by Crippen LogP contribution is -2.41. The lowest BCUT2D eigenvalue weighted by molar-refractivity contribution is -0.137. The van der Waals surface area contributed by atoms with Gasteiger partial charge in [0.1, 0.15) is 0 Å². The van der Waals surface area contributed by atoms with Crippen molar-refractivity contribution in [3.8, 4) is 0 Å². The molecule has 2 unspecified atom stereocenters. The molecule has 0 spiro atoms. The van der Waals surface area contributed by atoms with E-state index in [4.69, 9.17) is 10.8 Å². The molecular formula is C16H32N2O2. The summed E-state index contributed by atoms with van der Waals surface area (Å²) in [6, 6.07) is 0.322. The van der Waals surface area contributed by atoms with Gasteiger partial charge in [0, 0.05) is 24.7 Å². The van der Waals surface area contributed by atoms with E-state index in [-0.39, 0.29) is 6.42 Å². The molecule has 0 saturated carbocycles. The smallest absolute Gasteiger partial charge is 0.303 e. The lowest BCUT2D eigenvalue weighted by atomic mass is 9.90. The Morgan fingerprint density at radius 2 is 2.00 bits per heavy atom. The molecule has 0 aromatic carbocycles. The van der Waals surface area contributed by atoms with Crippen molar-refractivity contribution in [1.82, 2.24) is 5.32 Å². The summed E-state index contributed by atoms with van der Waals surface area (Å²) in [4.78, 5) is 10.5. The van der Waals surface area contributed by atoms with Crippen molar-refractivity contribution in [2.45, 2.75) is 71.8 Å². The summed E-state index contributed by atoms with van der Waals surface area (Å²) in [7, 11) is 0. The maximum absolute atomic E-state index is 10.5. The summed E-state index contributed by atoms with van der Waals surface area (Å²) in [5.74, 6) is -0.135. The Morgan fingerprint density at radius 3 is 2.50 bits per heavy atom. The van der Waals surface area contributed by atoms with Gasteiger partial charge in [0.25, 0.3) is 0 Å². The molecule has 0 rings (SSSR count). The first-order chi connectivity index (χ1) is 9.54. The Labute approximate surface area is 123 Å². The zero-order valence-electron chi connectivity index (χ0n) is 13.3. The van der Waals surface area contributed by atoms with E-state index in [1.54, 1.807) is 0 Å². The minimum Gasteiger partial charge on any atom is -0.481 e. The molecule has 0 amide bonds. The van der Waals surface area contributed by atoms with E-state index in [2.05, 4.69) is 32.2 Å². The third kappa shape index (κ3) is 8.97. The average molecular weight is 284 g/mol. The summed E-state index contributed by atoms with van der Waals surface area (Å²) in [5, 5.41) is 12.1. The van der Waals surface area contributed by atoms with Gasteiger partial charge in [0.05, 0.1) is 0 Å². The highest BCUT2D eigenvalue weighted by Crippen LogP contribution is 2.18. The number of hydrogen-bond donors (Lipinski definition) is 3. The summed E-state index contributed by atoms with van der Waals surface area (Å²) in [6.07, 6.45) is 8.57. The number of aliphatic carboxylic acids is 1. The molecule has 2 atom stereocenters. The van der Waals surface area contributed by atoms with Crippen molar-refractivity contribution in [2.75, 3.05) is 6.54 Å². The number of unbranched alkanes of at least 4 members (excludes halogenated alkanes) is 2. The molecule has 0 aliphatic rings. The number of nitrogens with two attached hydrogens (primary N) is 1. The van der Waals surface area contributed by atoms with Gasteiger partial charge in [-0.3, -0.25) is 4.79 Å². The van der Waals surface area contributed by atoms with Gasteiger partial charge in [-0.25, -0.2) is 0 Å². The topological polar surface area (TPSA) is 75.3 Å². The highest BCUT2D eigenvalue weighted by atomic mass is 16.4. The zero-order chi connectivity index (χ0) is 15.4. The molecule has 0 radical (unpaired) electrons. The van der Waals surface area contributed by atoms with Crippen molar-refractivity contribution in [3.05, 3.63) is 11.8 Å². The molecule has 20 heavy (non-hydrogen) atoms. The lowest BCUT2D eigenvalue weighted by Gasteiger charge is -2.27. The van der Waals surface area contributed by atoms with E-state index in [9.17, 15) is 4.79 Å². The maximum Gasteiger partial charge on any atom is 0.303 e. The van der Waals surface area contributed by atoms with Crippen LogP contribution in [-0.2, 0) is 4.79 Å². The molecule has 0 heterocycles. The molecule has 0 aliphatic heterocycles. The first-order valence-electron chi connectivity index (χ1n) is 7.90. The molecular weight excluding hydrogens is 252 g/mol. The summed E-state index contributed by atoms with van der Waals surface area (Å²) >= 11 is 0. The standard InChI is InChI=1S/C16H32N2O2/c1-4-9-13(3)18-15(12-17)14(5-2)10-7-6-8-11-16(19)20/h9,14-15,18H,4-8,10-12,17H2,1-3H3,(H,19,20)/b13-9-. The SMILES string of the molecule is CC/C=C(/C)NC(CN)C(CC)CCCCCC(=O)O. The van der Waals surface area contributed by atoms with Gasteiger partial charge in [0.2, 0.25) is 0 Å². The molecule has 0 aromatic rings. The summed E-state index contributed by atoms with van der Waals surface area (Å²) in [6.45, 7) is 7.06. The Kier molecular flexibility index (Phi) is 11.2.